The Morgan fingerprint density at radius 2 is 1.76 bits per heavy atom. The maximum Gasteiger partial charge on any atom is 0.315 e. The number of urea groups is 1. The molecule has 15 heteroatoms. The fourth-order valence-electron chi connectivity index (χ4n) is 4.60. The summed E-state index contributed by atoms with van der Waals surface area (Å²) in [5, 5.41) is 57.6. The first-order chi connectivity index (χ1) is 18.0. The fourth-order valence-corrected chi connectivity index (χ4v) is 6.25. The molecule has 14 nitrogen and oxygen atoms in total. The van der Waals surface area contributed by atoms with Crippen LogP contribution in [0.3, 0.4) is 0 Å². The van der Waals surface area contributed by atoms with Crippen LogP contribution in [-0.4, -0.2) is 116 Å². The highest BCUT2D eigenvalue weighted by Gasteiger charge is 2.57. The second kappa shape index (κ2) is 15.2. The summed E-state index contributed by atoms with van der Waals surface area (Å²) in [5.74, 6) is -1.11. The Hall–Kier alpha value is -2.46. The van der Waals surface area contributed by atoms with Gasteiger partial charge in [0.05, 0.1) is 18.7 Å². The van der Waals surface area contributed by atoms with Crippen molar-refractivity contribution in [2.45, 2.75) is 92.6 Å². The molecule has 38 heavy (non-hydrogen) atoms. The molecule has 2 aliphatic heterocycles. The molecule has 0 aromatic carbocycles. The van der Waals surface area contributed by atoms with Gasteiger partial charge in [0.25, 0.3) is 0 Å². The highest BCUT2D eigenvalue weighted by molar-refractivity contribution is 8.01. The monoisotopic (exact) mass is 562 g/mol. The summed E-state index contributed by atoms with van der Waals surface area (Å²) >= 11 is 1.45. The molecule has 0 aromatic rings. The Kier molecular flexibility index (Phi) is 12.7. The topological polar surface area (TPSA) is 235 Å². The van der Waals surface area contributed by atoms with Crippen LogP contribution in [0.1, 0.15) is 51.4 Å². The summed E-state index contributed by atoms with van der Waals surface area (Å²) in [5.41, 5.74) is 0. The summed E-state index contributed by atoms with van der Waals surface area (Å²) in [4.78, 5) is 59.2. The number of amides is 4. The summed E-state index contributed by atoms with van der Waals surface area (Å²) in [7, 11) is 0. The van der Waals surface area contributed by atoms with E-state index in [9.17, 15) is 39.3 Å². The van der Waals surface area contributed by atoms with Crippen LogP contribution in [-0.2, 0) is 19.2 Å². The third-order valence-corrected chi connectivity index (χ3v) is 8.43. The molecule has 2 heterocycles. The lowest BCUT2D eigenvalue weighted by Crippen LogP contribution is -2.56. The molecule has 2 fully saturated rings. The largest absolute Gasteiger partial charge is 0.481 e. The molecule has 0 saturated carbocycles. The molecule has 2 saturated heterocycles. The Balaban J connectivity index is 1.76. The molecule has 0 aliphatic carbocycles. The molecule has 0 spiro atoms. The van der Waals surface area contributed by atoms with Gasteiger partial charge in [0, 0.05) is 25.1 Å². The minimum atomic E-state index is -1.82. The number of fused-ring (bicyclic) bond motifs is 1. The Morgan fingerprint density at radius 1 is 1.05 bits per heavy atom. The van der Waals surface area contributed by atoms with Crippen molar-refractivity contribution < 1.29 is 49.5 Å². The number of unbranched alkanes of at least 4 members (excludes halogenated alkanes) is 3. The highest BCUT2D eigenvalue weighted by Crippen LogP contribution is 2.44. The zero-order valence-corrected chi connectivity index (χ0v) is 21.8. The average Bonchev–Trinajstić information content (AvgIpc) is 3.43. The van der Waals surface area contributed by atoms with Gasteiger partial charge in [0.15, 0.2) is 0 Å². The summed E-state index contributed by atoms with van der Waals surface area (Å²) in [6.45, 7) is -0.497. The number of aldehydes is 1. The molecular weight excluding hydrogens is 524 g/mol. The normalized spacial score (nSPS) is 25.3. The summed E-state index contributed by atoms with van der Waals surface area (Å²) in [6, 6.07) is -2.36. The minimum Gasteiger partial charge on any atom is -0.481 e. The molecular formula is C23H38N4O10S. The van der Waals surface area contributed by atoms with Crippen LogP contribution in [0.25, 0.3) is 0 Å². The Labute approximate surface area is 224 Å². The number of hydrogen-bond acceptors (Lipinski definition) is 10. The van der Waals surface area contributed by atoms with Crippen molar-refractivity contribution in [3.05, 3.63) is 0 Å². The number of carboxylic acids is 1. The van der Waals surface area contributed by atoms with E-state index in [1.165, 1.54) is 11.8 Å². The van der Waals surface area contributed by atoms with Gasteiger partial charge in [0.2, 0.25) is 11.8 Å². The maximum atomic E-state index is 13.2. The van der Waals surface area contributed by atoms with Gasteiger partial charge in [-0.25, -0.2) is 4.79 Å². The van der Waals surface area contributed by atoms with Crippen molar-refractivity contribution in [1.82, 2.24) is 21.3 Å². The van der Waals surface area contributed by atoms with Gasteiger partial charge in [-0.15, -0.1) is 11.8 Å². The molecule has 216 valence electrons. The van der Waals surface area contributed by atoms with Crippen LogP contribution >= 0.6 is 11.8 Å². The fraction of sp³-hybridized carbons (Fsp3) is 0.783. The Bertz CT molecular complexity index is 849. The van der Waals surface area contributed by atoms with E-state index in [1.54, 1.807) is 0 Å². The van der Waals surface area contributed by atoms with E-state index in [-0.39, 0.29) is 37.1 Å². The van der Waals surface area contributed by atoms with E-state index < -0.39 is 53.6 Å². The maximum absolute atomic E-state index is 13.2. The molecule has 0 unspecified atom stereocenters. The van der Waals surface area contributed by atoms with Crippen LogP contribution in [0, 0.1) is 0 Å². The Morgan fingerprint density at radius 3 is 2.42 bits per heavy atom. The quantitative estimate of drug-likeness (QED) is 0.0485. The molecule has 2 rings (SSSR count). The molecule has 0 bridgehead atoms. The first-order valence-electron chi connectivity index (χ1n) is 12.7. The van der Waals surface area contributed by atoms with Crippen molar-refractivity contribution in [2.75, 3.05) is 18.9 Å². The lowest BCUT2D eigenvalue weighted by molar-refractivity contribution is -0.137. The van der Waals surface area contributed by atoms with Crippen molar-refractivity contribution in [2.24, 2.45) is 0 Å². The van der Waals surface area contributed by atoms with Gasteiger partial charge in [0.1, 0.15) is 35.4 Å². The lowest BCUT2D eigenvalue weighted by atomic mass is 9.88. The van der Waals surface area contributed by atoms with Crippen LogP contribution in [0.5, 0.6) is 0 Å². The van der Waals surface area contributed by atoms with Gasteiger partial charge in [-0.3, -0.25) is 14.4 Å². The van der Waals surface area contributed by atoms with Gasteiger partial charge < -0.3 is 51.6 Å². The van der Waals surface area contributed by atoms with Gasteiger partial charge in [-0.05, 0) is 25.7 Å². The zero-order chi connectivity index (χ0) is 28.3. The van der Waals surface area contributed by atoms with Crippen molar-refractivity contribution >= 4 is 41.9 Å². The van der Waals surface area contributed by atoms with Gasteiger partial charge in [-0.1, -0.05) is 12.8 Å². The molecule has 7 atom stereocenters. The van der Waals surface area contributed by atoms with Gasteiger partial charge in [-0.2, -0.15) is 0 Å². The number of thioether (sulfide) groups is 1. The van der Waals surface area contributed by atoms with Gasteiger partial charge >= 0.3 is 12.0 Å². The average molecular weight is 563 g/mol. The molecule has 4 amide bonds. The minimum absolute atomic E-state index is 0.00635. The van der Waals surface area contributed by atoms with Crippen LogP contribution in [0.2, 0.25) is 0 Å². The van der Waals surface area contributed by atoms with Crippen LogP contribution in [0.4, 0.5) is 4.79 Å². The summed E-state index contributed by atoms with van der Waals surface area (Å²) in [6.07, 6.45) is -2.11. The third kappa shape index (κ3) is 8.53. The lowest BCUT2D eigenvalue weighted by Gasteiger charge is -2.32. The smallest absolute Gasteiger partial charge is 0.315 e. The number of aliphatic hydroxyl groups is 4. The third-order valence-electron chi connectivity index (χ3n) is 6.74. The molecule has 9 N–H and O–H groups in total. The number of carboxylic acid groups (broad SMARTS) is 1. The highest BCUT2D eigenvalue weighted by atomic mass is 32.2. The van der Waals surface area contributed by atoms with Crippen molar-refractivity contribution in [1.29, 1.82) is 0 Å². The van der Waals surface area contributed by atoms with E-state index in [2.05, 4.69) is 21.3 Å². The number of rotatable bonds is 18. The SMILES string of the molecule is O=C[C@H](NC(=O)CCCCCNC(=O)[C@@]1(CCCCC(=O)O)SC[C@@H]2NC(=O)N[C@@H]21)[C@@H](O)[C@@H](O)[C@H](O)CO. The van der Waals surface area contributed by atoms with E-state index in [0.717, 1.165) is 0 Å². The first-order valence-corrected chi connectivity index (χ1v) is 13.6. The number of aliphatic hydroxyl groups excluding tert-OH is 4. The number of nitrogens with one attached hydrogen (secondary N) is 4. The molecule has 2 aliphatic rings. The van der Waals surface area contributed by atoms with E-state index in [4.69, 9.17) is 10.2 Å². The number of aliphatic carboxylic acids is 1. The van der Waals surface area contributed by atoms with E-state index >= 15 is 0 Å². The van der Waals surface area contributed by atoms with Crippen molar-refractivity contribution in [3.63, 3.8) is 0 Å². The first kappa shape index (κ1) is 31.8. The van der Waals surface area contributed by atoms with E-state index in [0.29, 0.717) is 50.8 Å². The molecule has 0 aromatic heterocycles. The molecule has 0 radical (unpaired) electrons. The second-order valence-corrected chi connectivity index (χ2v) is 10.9. The predicted molar refractivity (Wildman–Crippen MR) is 135 cm³/mol. The van der Waals surface area contributed by atoms with Crippen LogP contribution < -0.4 is 21.3 Å². The summed E-state index contributed by atoms with van der Waals surface area (Å²) < 4.78 is -0.902. The number of carbonyl (C=O) groups excluding carboxylic acids is 4. The second-order valence-electron chi connectivity index (χ2n) is 9.53. The number of hydrogen-bond donors (Lipinski definition) is 9. The number of carbonyl (C=O) groups is 5. The van der Waals surface area contributed by atoms with Crippen molar-refractivity contribution in [3.8, 4) is 0 Å². The zero-order valence-electron chi connectivity index (χ0n) is 21.0. The standard InChI is InChI=1S/C23H38N4O10S/c28-10-13(18(34)19(35)15(30)11-29)25-16(31)6-2-1-5-9-24-21(36)23(8-4-3-7-17(32)33)20-14(12-38-23)26-22(37)27-20/h10,13-15,18-20,29-30,34-35H,1-9,11-12H2,(H,24,36)(H,25,31)(H,32,33)(H2,26,27,37)/t13-,14-,15+,18+,19-,20-,23-/m0/s1. The van der Waals surface area contributed by atoms with Crippen LogP contribution in [0.15, 0.2) is 0 Å². The van der Waals surface area contributed by atoms with E-state index in [1.807, 2.05) is 0 Å². The predicted octanol–water partition coefficient (Wildman–Crippen LogP) is -2.40.